The molecule has 1 saturated heterocycles. The quantitative estimate of drug-likeness (QED) is 0.0983. The molecule has 0 radical (unpaired) electrons. The maximum atomic E-state index is 14.3. The van der Waals surface area contributed by atoms with Crippen molar-refractivity contribution in [2.75, 3.05) is 26.1 Å². The second kappa shape index (κ2) is 21.8. The predicted octanol–water partition coefficient (Wildman–Crippen LogP) is 9.63. The van der Waals surface area contributed by atoms with Gasteiger partial charge in [-0.1, -0.05) is 11.8 Å². The highest BCUT2D eigenvalue weighted by atomic mass is 32.2. The first kappa shape index (κ1) is 50.7. The van der Waals surface area contributed by atoms with Crippen molar-refractivity contribution < 1.29 is 87.4 Å². The van der Waals surface area contributed by atoms with E-state index in [1.165, 1.54) is 25.2 Å². The molecule has 3 aliphatic heterocycles. The van der Waals surface area contributed by atoms with E-state index in [0.29, 0.717) is 12.1 Å². The average Bonchev–Trinajstić information content (AvgIpc) is 3.85. The maximum Gasteiger partial charge on any atom is 0.429 e. The number of nitrogens with zero attached hydrogens (tertiary/aromatic N) is 2. The molecule has 7 rings (SSSR count). The number of thiocarbonyl (C=S) groups is 1. The van der Waals surface area contributed by atoms with Crippen molar-refractivity contribution in [3.05, 3.63) is 94.3 Å². The molecular weight excluding hydrogens is 931 g/mol. The highest BCUT2D eigenvalue weighted by Gasteiger charge is 2.50. The first-order chi connectivity index (χ1) is 30.6. The minimum absolute atomic E-state index is 0.00805. The lowest BCUT2D eigenvalue weighted by Gasteiger charge is -2.33. The number of carbonyl (C=O) groups excluding carboxylic acids is 1. The number of halogens is 10. The number of carboxylic acids is 1. The van der Waals surface area contributed by atoms with Crippen LogP contribution in [0.15, 0.2) is 48.5 Å². The smallest absolute Gasteiger partial charge is 0.429 e. The lowest BCUT2D eigenvalue weighted by molar-refractivity contribution is -0.228. The number of carbonyl (C=O) groups is 2. The van der Waals surface area contributed by atoms with Crippen LogP contribution in [-0.4, -0.2) is 99.3 Å². The molecule has 0 spiro atoms. The summed E-state index contributed by atoms with van der Waals surface area (Å²) in [6.45, 7) is 3.55. The van der Waals surface area contributed by atoms with Gasteiger partial charge in [0.05, 0.1) is 6.61 Å². The third-order valence-corrected chi connectivity index (χ3v) is 10.8. The lowest BCUT2D eigenvalue weighted by atomic mass is 9.92. The molecule has 0 bridgehead atoms. The maximum absolute atomic E-state index is 14.3. The molecule has 3 aliphatic rings. The van der Waals surface area contributed by atoms with Crippen LogP contribution in [0, 0.1) is 23.3 Å². The summed E-state index contributed by atoms with van der Waals surface area (Å²) < 4.78 is 159. The van der Waals surface area contributed by atoms with Crippen molar-refractivity contribution in [2.45, 2.75) is 82.2 Å². The Morgan fingerprint density at radius 3 is 1.71 bits per heavy atom. The Bertz CT molecular complexity index is 2360. The Morgan fingerprint density at radius 1 is 0.785 bits per heavy atom. The van der Waals surface area contributed by atoms with Crippen LogP contribution in [0.4, 0.5) is 43.9 Å². The number of pyridine rings is 2. The van der Waals surface area contributed by atoms with E-state index in [4.69, 9.17) is 35.9 Å². The summed E-state index contributed by atoms with van der Waals surface area (Å²) in [4.78, 5) is 31.3. The zero-order valence-corrected chi connectivity index (χ0v) is 35.7. The number of fused-ring (bicyclic) bond motifs is 2. The number of thioether (sulfide) groups is 1. The van der Waals surface area contributed by atoms with Gasteiger partial charge in [0.25, 0.3) is 0 Å². The molecule has 4 aromatic rings. The van der Waals surface area contributed by atoms with Gasteiger partial charge in [-0.3, -0.25) is 0 Å². The van der Waals surface area contributed by atoms with Gasteiger partial charge < -0.3 is 33.9 Å². The third-order valence-electron chi connectivity index (χ3n) is 9.77. The average molecular weight is 969 g/mol. The highest BCUT2D eigenvalue weighted by Crippen LogP contribution is 2.41. The van der Waals surface area contributed by atoms with Crippen molar-refractivity contribution in [3.63, 3.8) is 0 Å². The summed E-state index contributed by atoms with van der Waals surface area (Å²) >= 11 is 5.55. The van der Waals surface area contributed by atoms with Crippen molar-refractivity contribution in [2.24, 2.45) is 0 Å². The zero-order chi connectivity index (χ0) is 47.8. The number of aromatic nitrogens is 2. The number of carboxylic acid groups (broad SMARTS) is 1. The van der Waals surface area contributed by atoms with Gasteiger partial charge in [-0.25, -0.2) is 37.1 Å². The molecule has 1 fully saturated rings. The number of alkyl halides is 6. The summed E-state index contributed by atoms with van der Waals surface area (Å²) in [6.07, 6.45) is -14.5. The molecular formula is C42H38F10N2O9S2. The van der Waals surface area contributed by atoms with E-state index in [1.807, 2.05) is 0 Å². The van der Waals surface area contributed by atoms with Crippen LogP contribution in [0.2, 0.25) is 0 Å². The van der Waals surface area contributed by atoms with E-state index in [-0.39, 0.29) is 87.5 Å². The number of hydrogen-bond acceptors (Lipinski definition) is 12. The molecule has 65 heavy (non-hydrogen) atoms. The van der Waals surface area contributed by atoms with Crippen LogP contribution in [0.3, 0.4) is 0 Å². The topological polar surface area (TPSA) is 147 Å². The standard InChI is InChI=1S/C19H14F5NO4S2.C19H16F5NO4.C4H8O/c1-31-18(30)29-15(19(22,23)24)14-5-4-10-11(9-3-2-8(20)6-12(9)21)7-13(17(26)27)25-16(10)28-14;1-2-28-18(27)14-8-12(10-4-3-9(20)7-13(10)21)11-5-6-15(29-17(11)25-14)16(26)19(22,23)24;1-2-4-5-3-1/h2-3,6-7,14-15H,4-5H2,1H3,(H,26,27);3-4,7-8,15-16,26H,2,5-6H2,1H3;1-4H2. The summed E-state index contributed by atoms with van der Waals surface area (Å²) in [5, 5.41) is 18.8. The second-order valence-corrected chi connectivity index (χ2v) is 15.6. The summed E-state index contributed by atoms with van der Waals surface area (Å²) in [7, 11) is 0. The molecule has 5 heterocycles. The Hall–Kier alpha value is -5.26. The van der Waals surface area contributed by atoms with E-state index in [1.54, 1.807) is 6.92 Å². The number of ether oxygens (including phenoxy) is 5. The molecule has 0 amide bonds. The van der Waals surface area contributed by atoms with Crippen molar-refractivity contribution in [1.82, 2.24) is 9.97 Å². The first-order valence-corrected chi connectivity index (χ1v) is 21.1. The fourth-order valence-corrected chi connectivity index (χ4v) is 7.03. The van der Waals surface area contributed by atoms with Crippen molar-refractivity contribution in [1.29, 1.82) is 0 Å². The van der Waals surface area contributed by atoms with Gasteiger partial charge in [-0.15, -0.1) is 0 Å². The number of rotatable bonds is 8. The van der Waals surface area contributed by atoms with Crippen LogP contribution in [0.5, 0.6) is 11.8 Å². The van der Waals surface area contributed by atoms with Gasteiger partial charge in [0.15, 0.2) is 17.5 Å². The van der Waals surface area contributed by atoms with Crippen LogP contribution < -0.4 is 9.47 Å². The van der Waals surface area contributed by atoms with Crippen LogP contribution in [-0.2, 0) is 27.1 Å². The number of benzene rings is 2. The number of esters is 1. The van der Waals surface area contributed by atoms with Gasteiger partial charge in [0, 0.05) is 47.6 Å². The van der Waals surface area contributed by atoms with Crippen molar-refractivity contribution in [3.8, 4) is 34.0 Å². The third kappa shape index (κ3) is 13.0. The Morgan fingerprint density at radius 2 is 1.28 bits per heavy atom. The normalized spacial score (nSPS) is 17.6. The molecule has 23 heteroatoms. The largest absolute Gasteiger partial charge is 0.477 e. The van der Waals surface area contributed by atoms with E-state index in [0.717, 1.165) is 55.3 Å². The lowest BCUT2D eigenvalue weighted by Crippen LogP contribution is -2.47. The highest BCUT2D eigenvalue weighted by molar-refractivity contribution is 8.22. The fraction of sp³-hybridized carbons (Fsp3) is 0.405. The predicted molar refractivity (Wildman–Crippen MR) is 217 cm³/mol. The van der Waals surface area contributed by atoms with Gasteiger partial charge >= 0.3 is 24.3 Å². The van der Waals surface area contributed by atoms with Crippen LogP contribution >= 0.6 is 24.0 Å². The molecule has 2 N–H and O–H groups in total. The van der Waals surface area contributed by atoms with E-state index < -0.39 is 77.7 Å². The van der Waals surface area contributed by atoms with Crippen LogP contribution in [0.25, 0.3) is 22.3 Å². The molecule has 2 aromatic carbocycles. The first-order valence-electron chi connectivity index (χ1n) is 19.5. The van der Waals surface area contributed by atoms with Crippen molar-refractivity contribution >= 4 is 40.3 Å². The molecule has 4 unspecified atom stereocenters. The zero-order valence-electron chi connectivity index (χ0n) is 34.0. The number of aromatic carboxylic acids is 1. The van der Waals surface area contributed by atoms with E-state index in [9.17, 15) is 63.7 Å². The fourth-order valence-electron chi connectivity index (χ4n) is 6.73. The Balaban J connectivity index is 0.000000220. The summed E-state index contributed by atoms with van der Waals surface area (Å²) in [5.41, 5.74) is -0.466. The SMILES string of the molecule is C1CCOC1.CCOC(=O)c1cc(-c2ccc(F)cc2F)c2c(n1)OC(C(O)C(F)(F)F)CC2.CSC(=S)OC(C1CCc2c(-c3ccc(F)cc3F)cc(C(=O)O)nc2O1)C(F)(F)F. The minimum Gasteiger partial charge on any atom is -0.477 e. The molecule has 2 aromatic heterocycles. The molecule has 352 valence electrons. The molecule has 0 aliphatic carbocycles. The number of hydrogen-bond donors (Lipinski definition) is 2. The van der Waals surface area contributed by atoms with E-state index in [2.05, 4.69) is 9.97 Å². The number of aliphatic hydroxyl groups is 1. The van der Waals surface area contributed by atoms with Gasteiger partial charge in [0.2, 0.25) is 22.2 Å². The molecule has 4 atom stereocenters. The van der Waals surface area contributed by atoms with Gasteiger partial charge in [-0.05, 0) is 111 Å². The Labute approximate surface area is 373 Å². The number of aliphatic hydroxyl groups excluding tert-OH is 1. The second-order valence-electron chi connectivity index (χ2n) is 14.2. The summed E-state index contributed by atoms with van der Waals surface area (Å²) in [5.74, 6) is -6.65. The summed E-state index contributed by atoms with van der Waals surface area (Å²) in [6, 6.07) is 7.80. The Kier molecular flexibility index (Phi) is 17.0. The van der Waals surface area contributed by atoms with Crippen LogP contribution in [0.1, 0.15) is 64.7 Å². The van der Waals surface area contributed by atoms with E-state index >= 15 is 0 Å². The van der Waals surface area contributed by atoms with Gasteiger partial charge in [-0.2, -0.15) is 26.3 Å². The minimum atomic E-state index is -4.91. The molecule has 11 nitrogen and oxygen atoms in total. The van der Waals surface area contributed by atoms with Gasteiger partial charge in [0.1, 0.15) is 35.5 Å². The monoisotopic (exact) mass is 968 g/mol. The molecule has 0 saturated carbocycles.